The summed E-state index contributed by atoms with van der Waals surface area (Å²) in [6.45, 7) is 1.74. The van der Waals surface area contributed by atoms with Crippen LogP contribution in [0.4, 0.5) is 0 Å². The molecule has 0 spiro atoms. The maximum absolute atomic E-state index is 12.1. The standard InChI is InChI=1S/C17H19NO5/c19-17(16-12-22-14-6-1-2-7-15(14)23-16)18-8-4-9-20-11-13-5-3-10-21-13/h1-3,5-7,10,16H,4,8-9,11-12H2,(H,18,19)/t16-/m0/s1. The lowest BCUT2D eigenvalue weighted by Crippen LogP contribution is -2.44. The number of hydrogen-bond donors (Lipinski definition) is 1. The Labute approximate surface area is 134 Å². The van der Waals surface area contributed by atoms with E-state index >= 15 is 0 Å². The molecule has 6 nitrogen and oxygen atoms in total. The minimum Gasteiger partial charge on any atom is -0.485 e. The van der Waals surface area contributed by atoms with E-state index in [2.05, 4.69) is 5.32 Å². The lowest BCUT2D eigenvalue weighted by atomic mass is 10.2. The van der Waals surface area contributed by atoms with Crippen molar-refractivity contribution in [2.75, 3.05) is 19.8 Å². The quantitative estimate of drug-likeness (QED) is 0.792. The highest BCUT2D eigenvalue weighted by atomic mass is 16.6. The number of hydrogen-bond acceptors (Lipinski definition) is 5. The summed E-state index contributed by atoms with van der Waals surface area (Å²) in [7, 11) is 0. The number of amides is 1. The van der Waals surface area contributed by atoms with Gasteiger partial charge in [-0.15, -0.1) is 0 Å². The normalized spacial score (nSPS) is 16.1. The third-order valence-corrected chi connectivity index (χ3v) is 3.39. The van der Waals surface area contributed by atoms with Crippen LogP contribution in [0.15, 0.2) is 47.1 Å². The first-order valence-electron chi connectivity index (χ1n) is 7.59. The zero-order chi connectivity index (χ0) is 15.9. The van der Waals surface area contributed by atoms with Crippen LogP contribution in [0.1, 0.15) is 12.2 Å². The van der Waals surface area contributed by atoms with Gasteiger partial charge in [0.25, 0.3) is 5.91 Å². The molecule has 1 amide bonds. The second kappa shape index (κ2) is 7.69. The first-order valence-corrected chi connectivity index (χ1v) is 7.59. The molecule has 1 N–H and O–H groups in total. The summed E-state index contributed by atoms with van der Waals surface area (Å²) in [4.78, 5) is 12.1. The van der Waals surface area contributed by atoms with Crippen LogP contribution in [0.2, 0.25) is 0 Å². The maximum atomic E-state index is 12.1. The second-order valence-corrected chi connectivity index (χ2v) is 5.14. The predicted molar refractivity (Wildman–Crippen MR) is 82.3 cm³/mol. The molecule has 2 heterocycles. The lowest BCUT2D eigenvalue weighted by molar-refractivity contribution is -0.130. The number of ether oxygens (including phenoxy) is 3. The highest BCUT2D eigenvalue weighted by Gasteiger charge is 2.26. The van der Waals surface area contributed by atoms with Crippen molar-refractivity contribution in [3.05, 3.63) is 48.4 Å². The molecule has 1 aliphatic heterocycles. The molecule has 0 bridgehead atoms. The molecule has 1 aliphatic rings. The third-order valence-electron chi connectivity index (χ3n) is 3.39. The number of benzene rings is 1. The van der Waals surface area contributed by atoms with Crippen LogP contribution in [-0.2, 0) is 16.1 Å². The van der Waals surface area contributed by atoms with Crippen LogP contribution < -0.4 is 14.8 Å². The van der Waals surface area contributed by atoms with E-state index in [1.165, 1.54) is 0 Å². The molecule has 6 heteroatoms. The Morgan fingerprint density at radius 3 is 2.91 bits per heavy atom. The van der Waals surface area contributed by atoms with E-state index in [1.54, 1.807) is 12.3 Å². The van der Waals surface area contributed by atoms with E-state index in [1.807, 2.05) is 30.3 Å². The summed E-state index contributed by atoms with van der Waals surface area (Å²) in [5.74, 6) is 1.88. The molecule has 0 saturated carbocycles. The van der Waals surface area contributed by atoms with Crippen LogP contribution in [0.25, 0.3) is 0 Å². The van der Waals surface area contributed by atoms with E-state index < -0.39 is 6.10 Å². The third kappa shape index (κ3) is 4.26. The Balaban J connectivity index is 1.32. The zero-order valence-corrected chi connectivity index (χ0v) is 12.7. The van der Waals surface area contributed by atoms with Gasteiger partial charge in [0, 0.05) is 13.2 Å². The van der Waals surface area contributed by atoms with Gasteiger partial charge in [-0.1, -0.05) is 12.1 Å². The largest absolute Gasteiger partial charge is 0.485 e. The lowest BCUT2D eigenvalue weighted by Gasteiger charge is -2.25. The summed E-state index contributed by atoms with van der Waals surface area (Å²) in [5.41, 5.74) is 0. The van der Waals surface area contributed by atoms with E-state index in [4.69, 9.17) is 18.6 Å². The highest BCUT2D eigenvalue weighted by molar-refractivity contribution is 5.81. The Bertz CT molecular complexity index is 626. The Kier molecular flexibility index (Phi) is 5.16. The van der Waals surface area contributed by atoms with Gasteiger partial charge in [-0.25, -0.2) is 0 Å². The van der Waals surface area contributed by atoms with Crippen molar-refractivity contribution in [1.29, 1.82) is 0 Å². The summed E-state index contributed by atoms with van der Waals surface area (Å²) in [5, 5.41) is 2.83. The number of rotatable bonds is 7. The second-order valence-electron chi connectivity index (χ2n) is 5.14. The average Bonchev–Trinajstić information content (AvgIpc) is 3.10. The number of carbonyl (C=O) groups is 1. The van der Waals surface area contributed by atoms with Crippen molar-refractivity contribution in [3.63, 3.8) is 0 Å². The molecule has 1 atom stereocenters. The van der Waals surface area contributed by atoms with Crippen molar-refractivity contribution >= 4 is 5.91 Å². The van der Waals surface area contributed by atoms with Gasteiger partial charge >= 0.3 is 0 Å². The summed E-state index contributed by atoms with van der Waals surface area (Å²) in [6, 6.07) is 11.0. The molecule has 122 valence electrons. The fourth-order valence-corrected chi connectivity index (χ4v) is 2.22. The van der Waals surface area contributed by atoms with Crippen molar-refractivity contribution in [3.8, 4) is 11.5 Å². The van der Waals surface area contributed by atoms with Gasteiger partial charge in [-0.3, -0.25) is 4.79 Å². The molecule has 1 aromatic heterocycles. The Morgan fingerprint density at radius 1 is 1.22 bits per heavy atom. The fraction of sp³-hybridized carbons (Fsp3) is 0.353. The number of para-hydroxylation sites is 2. The minimum atomic E-state index is -0.617. The number of carbonyl (C=O) groups excluding carboxylic acids is 1. The molecule has 0 fully saturated rings. The van der Waals surface area contributed by atoms with Gasteiger partial charge in [0.2, 0.25) is 6.10 Å². The molecule has 23 heavy (non-hydrogen) atoms. The van der Waals surface area contributed by atoms with Crippen molar-refractivity contribution in [1.82, 2.24) is 5.32 Å². The first-order chi connectivity index (χ1) is 11.3. The number of furan rings is 1. The SMILES string of the molecule is O=C(NCCCOCc1ccco1)[C@@H]1COc2ccccc2O1. The van der Waals surface area contributed by atoms with Crippen LogP contribution in [0.5, 0.6) is 11.5 Å². The molecule has 0 saturated heterocycles. The summed E-state index contributed by atoms with van der Waals surface area (Å²) < 4.78 is 21.8. The molecule has 0 unspecified atom stereocenters. The molecule has 3 rings (SSSR count). The van der Waals surface area contributed by atoms with Crippen molar-refractivity contribution in [2.24, 2.45) is 0 Å². The van der Waals surface area contributed by atoms with Gasteiger partial charge < -0.3 is 23.9 Å². The van der Waals surface area contributed by atoms with E-state index in [0.717, 1.165) is 12.2 Å². The molecular weight excluding hydrogens is 298 g/mol. The average molecular weight is 317 g/mol. The van der Waals surface area contributed by atoms with E-state index in [-0.39, 0.29) is 12.5 Å². The maximum Gasteiger partial charge on any atom is 0.264 e. The molecule has 2 aromatic rings. The van der Waals surface area contributed by atoms with Gasteiger partial charge in [0.05, 0.1) is 6.26 Å². The first kappa shape index (κ1) is 15.4. The van der Waals surface area contributed by atoms with Crippen molar-refractivity contribution in [2.45, 2.75) is 19.1 Å². The van der Waals surface area contributed by atoms with E-state index in [9.17, 15) is 4.79 Å². The van der Waals surface area contributed by atoms with Gasteiger partial charge in [0.1, 0.15) is 19.0 Å². The molecule has 0 aliphatic carbocycles. The topological polar surface area (TPSA) is 69.9 Å². The summed E-state index contributed by atoms with van der Waals surface area (Å²) in [6.07, 6.45) is 1.72. The molecule has 0 radical (unpaired) electrons. The number of nitrogens with one attached hydrogen (secondary N) is 1. The smallest absolute Gasteiger partial charge is 0.264 e. The number of fused-ring (bicyclic) bond motifs is 1. The summed E-state index contributed by atoms with van der Waals surface area (Å²) >= 11 is 0. The monoisotopic (exact) mass is 317 g/mol. The fourth-order valence-electron chi connectivity index (χ4n) is 2.22. The Morgan fingerprint density at radius 2 is 2.09 bits per heavy atom. The minimum absolute atomic E-state index is 0.175. The van der Waals surface area contributed by atoms with Gasteiger partial charge in [-0.05, 0) is 30.7 Å². The molecular formula is C17H19NO5. The van der Waals surface area contributed by atoms with Gasteiger partial charge in [-0.2, -0.15) is 0 Å². The Hall–Kier alpha value is -2.47. The molecule has 1 aromatic carbocycles. The van der Waals surface area contributed by atoms with Crippen LogP contribution in [0.3, 0.4) is 0 Å². The van der Waals surface area contributed by atoms with Crippen LogP contribution in [-0.4, -0.2) is 31.8 Å². The van der Waals surface area contributed by atoms with E-state index in [0.29, 0.717) is 31.3 Å². The van der Waals surface area contributed by atoms with Crippen molar-refractivity contribution < 1.29 is 23.4 Å². The van der Waals surface area contributed by atoms with Gasteiger partial charge in [0.15, 0.2) is 11.5 Å². The predicted octanol–water partition coefficient (Wildman–Crippen LogP) is 2.14. The highest BCUT2D eigenvalue weighted by Crippen LogP contribution is 2.30. The van der Waals surface area contributed by atoms with Crippen LogP contribution in [0, 0.1) is 0 Å². The zero-order valence-electron chi connectivity index (χ0n) is 12.7. The van der Waals surface area contributed by atoms with Crippen LogP contribution >= 0.6 is 0 Å².